The topological polar surface area (TPSA) is 87.7 Å². The van der Waals surface area contributed by atoms with Gasteiger partial charge in [0.15, 0.2) is 5.13 Å². The molecule has 0 aliphatic carbocycles. The van der Waals surface area contributed by atoms with Crippen molar-refractivity contribution in [2.75, 3.05) is 43.5 Å². The first kappa shape index (κ1) is 22.0. The largest absolute Gasteiger partial charge is 0.495 e. The van der Waals surface area contributed by atoms with Crippen molar-refractivity contribution in [3.8, 4) is 5.75 Å². The Hall–Kier alpha value is -3.20. The van der Waals surface area contributed by atoms with Crippen LogP contribution >= 0.6 is 11.3 Å². The number of anilines is 2. The minimum atomic E-state index is -0.194. The molecule has 32 heavy (non-hydrogen) atoms. The Bertz CT molecular complexity index is 1080. The molecule has 1 aromatic carbocycles. The van der Waals surface area contributed by atoms with E-state index in [1.165, 1.54) is 0 Å². The lowest BCUT2D eigenvalue weighted by atomic mass is 10.2. The molecule has 1 fully saturated rings. The number of fused-ring (bicyclic) bond motifs is 1. The summed E-state index contributed by atoms with van der Waals surface area (Å²) in [6.45, 7) is 4.82. The normalized spacial score (nSPS) is 14.3. The van der Waals surface area contributed by atoms with Gasteiger partial charge in [-0.05, 0) is 43.2 Å². The predicted molar refractivity (Wildman–Crippen MR) is 126 cm³/mol. The van der Waals surface area contributed by atoms with Gasteiger partial charge < -0.3 is 19.9 Å². The number of benzene rings is 1. The number of aryl methyl sites for hydroxylation is 1. The number of carbonyl (C=O) groups is 2. The summed E-state index contributed by atoms with van der Waals surface area (Å²) in [5.74, 6) is 0.415. The highest BCUT2D eigenvalue weighted by atomic mass is 32.1. The third-order valence-corrected chi connectivity index (χ3v) is 6.51. The number of nitrogens with one attached hydrogen (secondary N) is 1. The molecule has 1 N–H and O–H groups in total. The van der Waals surface area contributed by atoms with Crippen molar-refractivity contribution >= 4 is 44.3 Å². The third-order valence-electron chi connectivity index (χ3n) is 5.47. The highest BCUT2D eigenvalue weighted by Gasteiger charge is 2.22. The van der Waals surface area contributed by atoms with E-state index in [0.29, 0.717) is 24.5 Å². The lowest BCUT2D eigenvalue weighted by Crippen LogP contribution is -2.35. The second-order valence-electron chi connectivity index (χ2n) is 7.80. The molecule has 3 aromatic rings. The van der Waals surface area contributed by atoms with Crippen molar-refractivity contribution in [2.24, 2.45) is 0 Å². The number of carbonyl (C=O) groups excluding carboxylic acids is 2. The van der Waals surface area contributed by atoms with Crippen molar-refractivity contribution < 1.29 is 14.3 Å². The molecule has 0 radical (unpaired) electrons. The molecule has 1 saturated heterocycles. The van der Waals surface area contributed by atoms with E-state index in [1.807, 2.05) is 42.2 Å². The van der Waals surface area contributed by atoms with Gasteiger partial charge in [-0.2, -0.15) is 0 Å². The van der Waals surface area contributed by atoms with Gasteiger partial charge in [0, 0.05) is 45.2 Å². The van der Waals surface area contributed by atoms with Crippen LogP contribution in [0.5, 0.6) is 5.75 Å². The molecule has 0 unspecified atom stereocenters. The Kier molecular flexibility index (Phi) is 6.84. The Balaban J connectivity index is 1.29. The van der Waals surface area contributed by atoms with Crippen molar-refractivity contribution in [1.82, 2.24) is 14.9 Å². The number of hydrogen-bond acceptors (Lipinski definition) is 7. The molecule has 0 atom stereocenters. The first-order valence-electron chi connectivity index (χ1n) is 10.7. The Morgan fingerprint density at radius 1 is 1.16 bits per heavy atom. The fraction of sp³-hybridized carbons (Fsp3) is 0.391. The molecule has 0 spiro atoms. The molecule has 3 heterocycles. The van der Waals surface area contributed by atoms with Crippen LogP contribution in [-0.2, 0) is 9.59 Å². The van der Waals surface area contributed by atoms with Crippen molar-refractivity contribution in [3.63, 3.8) is 0 Å². The molecule has 2 aromatic heterocycles. The van der Waals surface area contributed by atoms with Crippen LogP contribution in [0, 0.1) is 6.92 Å². The van der Waals surface area contributed by atoms with E-state index in [0.717, 1.165) is 40.6 Å². The Morgan fingerprint density at radius 3 is 2.84 bits per heavy atom. The zero-order valence-electron chi connectivity index (χ0n) is 18.3. The van der Waals surface area contributed by atoms with Gasteiger partial charge in [0.05, 0.1) is 12.8 Å². The van der Waals surface area contributed by atoms with Crippen LogP contribution in [0.3, 0.4) is 0 Å². The summed E-state index contributed by atoms with van der Waals surface area (Å²) in [5, 5.41) is 3.80. The zero-order chi connectivity index (χ0) is 22.5. The van der Waals surface area contributed by atoms with E-state index in [-0.39, 0.29) is 24.7 Å². The first-order valence-corrected chi connectivity index (χ1v) is 11.5. The van der Waals surface area contributed by atoms with Crippen LogP contribution in [0.2, 0.25) is 0 Å². The summed E-state index contributed by atoms with van der Waals surface area (Å²) >= 11 is 1.58. The minimum absolute atomic E-state index is 0.00386. The lowest BCUT2D eigenvalue weighted by molar-refractivity contribution is -0.132. The molecule has 1 aliphatic rings. The van der Waals surface area contributed by atoms with Crippen LogP contribution in [0.4, 0.5) is 10.8 Å². The summed E-state index contributed by atoms with van der Waals surface area (Å²) in [4.78, 5) is 39.2. The van der Waals surface area contributed by atoms with Crippen LogP contribution in [0.1, 0.15) is 24.8 Å². The maximum atomic E-state index is 12.7. The molecule has 2 amide bonds. The monoisotopic (exact) mass is 453 g/mol. The highest BCUT2D eigenvalue weighted by Crippen LogP contribution is 2.28. The minimum Gasteiger partial charge on any atom is -0.495 e. The number of nitrogens with zero attached hydrogens (tertiary/aromatic N) is 4. The second-order valence-corrected chi connectivity index (χ2v) is 8.75. The highest BCUT2D eigenvalue weighted by molar-refractivity contribution is 7.21. The number of methoxy groups -OCH3 is 1. The molecule has 4 rings (SSSR count). The van der Waals surface area contributed by atoms with E-state index in [1.54, 1.807) is 24.6 Å². The first-order chi connectivity index (χ1) is 15.5. The summed E-state index contributed by atoms with van der Waals surface area (Å²) in [6, 6.07) is 9.46. The fourth-order valence-corrected chi connectivity index (χ4v) is 4.72. The number of ether oxygens (including phenoxy) is 1. The summed E-state index contributed by atoms with van der Waals surface area (Å²) in [6.07, 6.45) is 2.96. The molecular formula is C23H27N5O3S. The average Bonchev–Trinajstić information content (AvgIpc) is 3.07. The van der Waals surface area contributed by atoms with Crippen molar-refractivity contribution in [1.29, 1.82) is 0 Å². The van der Waals surface area contributed by atoms with Crippen molar-refractivity contribution in [3.05, 3.63) is 42.1 Å². The Labute approximate surface area is 191 Å². The van der Waals surface area contributed by atoms with Crippen LogP contribution < -0.4 is 15.0 Å². The molecule has 8 nitrogen and oxygen atoms in total. The molecule has 0 bridgehead atoms. The summed E-state index contributed by atoms with van der Waals surface area (Å²) in [7, 11) is 1.57. The number of amides is 2. The predicted octanol–water partition coefficient (Wildman–Crippen LogP) is 3.47. The van der Waals surface area contributed by atoms with E-state index in [9.17, 15) is 9.59 Å². The number of thiazole rings is 1. The smallest absolute Gasteiger partial charge is 0.224 e. The van der Waals surface area contributed by atoms with Gasteiger partial charge in [0.2, 0.25) is 11.8 Å². The molecule has 0 saturated carbocycles. The molecular weight excluding hydrogens is 426 g/mol. The average molecular weight is 454 g/mol. The maximum Gasteiger partial charge on any atom is 0.224 e. The van der Waals surface area contributed by atoms with E-state index < -0.39 is 0 Å². The second kappa shape index (κ2) is 9.95. The number of hydrogen-bond donors (Lipinski definition) is 1. The molecule has 1 aliphatic heterocycles. The van der Waals surface area contributed by atoms with Gasteiger partial charge >= 0.3 is 0 Å². The van der Waals surface area contributed by atoms with Gasteiger partial charge in [0.1, 0.15) is 16.1 Å². The van der Waals surface area contributed by atoms with E-state index in [2.05, 4.69) is 20.2 Å². The maximum absolute atomic E-state index is 12.7. The van der Waals surface area contributed by atoms with Gasteiger partial charge in [0.25, 0.3) is 0 Å². The number of rotatable bonds is 6. The fourth-order valence-electron chi connectivity index (χ4n) is 3.76. The van der Waals surface area contributed by atoms with Gasteiger partial charge in [-0.1, -0.05) is 17.4 Å². The van der Waals surface area contributed by atoms with Crippen molar-refractivity contribution in [2.45, 2.75) is 26.2 Å². The quantitative estimate of drug-likeness (QED) is 0.615. The van der Waals surface area contributed by atoms with Gasteiger partial charge in [-0.25, -0.2) is 9.97 Å². The Morgan fingerprint density at radius 2 is 2.03 bits per heavy atom. The zero-order valence-corrected chi connectivity index (χ0v) is 19.2. The van der Waals surface area contributed by atoms with Crippen LogP contribution in [0.15, 0.2) is 36.5 Å². The SMILES string of the molecule is COc1ccc(C)cc1NC(=O)CCC(=O)N1CCCN(c2nc3cccnc3s2)CC1. The molecule has 9 heteroatoms. The van der Waals surface area contributed by atoms with Gasteiger partial charge in [-0.3, -0.25) is 9.59 Å². The summed E-state index contributed by atoms with van der Waals surface area (Å²) < 4.78 is 5.30. The van der Waals surface area contributed by atoms with Gasteiger partial charge in [-0.15, -0.1) is 0 Å². The van der Waals surface area contributed by atoms with E-state index in [4.69, 9.17) is 4.74 Å². The number of aromatic nitrogens is 2. The summed E-state index contributed by atoms with van der Waals surface area (Å²) in [5.41, 5.74) is 2.55. The van der Waals surface area contributed by atoms with Crippen LogP contribution in [-0.4, -0.2) is 60.0 Å². The van der Waals surface area contributed by atoms with E-state index >= 15 is 0 Å². The molecule has 168 valence electrons. The number of pyridine rings is 1. The lowest BCUT2D eigenvalue weighted by Gasteiger charge is -2.21. The van der Waals surface area contributed by atoms with Crippen LogP contribution in [0.25, 0.3) is 10.3 Å². The standard InChI is InChI=1S/C23H27N5O3S/c1-16-6-7-19(31-2)18(15-16)25-20(29)8-9-21(30)27-11-4-12-28(14-13-27)23-26-17-5-3-10-24-22(17)32-23/h3,5-7,10,15H,4,8-9,11-14H2,1-2H3,(H,25,29). The third kappa shape index (κ3) is 5.16.